The lowest BCUT2D eigenvalue weighted by Crippen LogP contribution is -2.35. The summed E-state index contributed by atoms with van der Waals surface area (Å²) in [6.45, 7) is 9.72. The number of amides is 1. The molecule has 2 rings (SSSR count). The van der Waals surface area contributed by atoms with E-state index in [0.29, 0.717) is 17.9 Å². The van der Waals surface area contributed by atoms with E-state index in [-0.39, 0.29) is 24.0 Å². The molecule has 1 aliphatic rings. The minimum Gasteiger partial charge on any atom is -0.503 e. The standard InChI is InChI=1S/C21H29NO5/c1-13(2)27-11-10-22-17(14-8-7-9-15(12-14)26-6)16(18(23)20(22)25)19(24)21(3,4)5/h7-9,12-13,17,23H,10-11H2,1-6H3. The summed E-state index contributed by atoms with van der Waals surface area (Å²) in [7, 11) is 1.56. The van der Waals surface area contributed by atoms with Gasteiger partial charge in [-0.15, -0.1) is 0 Å². The van der Waals surface area contributed by atoms with Crippen molar-refractivity contribution in [2.24, 2.45) is 5.41 Å². The van der Waals surface area contributed by atoms with Crippen LogP contribution in [0.3, 0.4) is 0 Å². The maximum absolute atomic E-state index is 13.0. The van der Waals surface area contributed by atoms with E-state index in [4.69, 9.17) is 9.47 Å². The van der Waals surface area contributed by atoms with Gasteiger partial charge in [0.25, 0.3) is 5.91 Å². The van der Waals surface area contributed by atoms with E-state index >= 15 is 0 Å². The van der Waals surface area contributed by atoms with Gasteiger partial charge in [0.1, 0.15) is 5.75 Å². The maximum atomic E-state index is 13.0. The summed E-state index contributed by atoms with van der Waals surface area (Å²) in [5.74, 6) is -0.671. The minimum atomic E-state index is -0.731. The number of hydrogen-bond acceptors (Lipinski definition) is 5. The van der Waals surface area contributed by atoms with E-state index in [1.54, 1.807) is 46.1 Å². The molecule has 27 heavy (non-hydrogen) atoms. The van der Waals surface area contributed by atoms with Crippen LogP contribution in [-0.2, 0) is 14.3 Å². The molecular weight excluding hydrogens is 346 g/mol. The van der Waals surface area contributed by atoms with Crippen molar-refractivity contribution >= 4 is 11.7 Å². The summed E-state index contributed by atoms with van der Waals surface area (Å²) < 4.78 is 10.9. The van der Waals surface area contributed by atoms with Gasteiger partial charge in [0.2, 0.25) is 0 Å². The Hall–Kier alpha value is -2.34. The zero-order valence-electron chi connectivity index (χ0n) is 16.9. The van der Waals surface area contributed by atoms with Gasteiger partial charge < -0.3 is 19.5 Å². The van der Waals surface area contributed by atoms with Crippen LogP contribution in [0.1, 0.15) is 46.2 Å². The van der Waals surface area contributed by atoms with Gasteiger partial charge in [0.15, 0.2) is 11.5 Å². The second-order valence-electron chi connectivity index (χ2n) is 7.94. The van der Waals surface area contributed by atoms with Crippen molar-refractivity contribution in [3.8, 4) is 5.75 Å². The molecule has 0 saturated heterocycles. The lowest BCUT2D eigenvalue weighted by atomic mass is 9.82. The van der Waals surface area contributed by atoms with Crippen molar-refractivity contribution in [2.45, 2.75) is 46.8 Å². The van der Waals surface area contributed by atoms with Crippen LogP contribution >= 0.6 is 0 Å². The summed E-state index contributed by atoms with van der Waals surface area (Å²) >= 11 is 0. The molecule has 6 nitrogen and oxygen atoms in total. The fourth-order valence-corrected chi connectivity index (χ4v) is 3.07. The molecule has 0 spiro atoms. The van der Waals surface area contributed by atoms with Gasteiger partial charge in [-0.2, -0.15) is 0 Å². The van der Waals surface area contributed by atoms with Crippen molar-refractivity contribution < 1.29 is 24.2 Å². The highest BCUT2D eigenvalue weighted by atomic mass is 16.5. The van der Waals surface area contributed by atoms with E-state index in [1.165, 1.54) is 4.90 Å². The van der Waals surface area contributed by atoms with Gasteiger partial charge in [0, 0.05) is 12.0 Å². The van der Waals surface area contributed by atoms with Crippen LogP contribution in [0, 0.1) is 5.41 Å². The Kier molecular flexibility index (Phi) is 6.31. The Morgan fingerprint density at radius 3 is 2.52 bits per heavy atom. The molecule has 1 N–H and O–H groups in total. The minimum absolute atomic E-state index is 0.0233. The number of benzene rings is 1. The number of Topliss-reactive ketones (excluding diaryl/α,β-unsaturated/α-hetero) is 1. The van der Waals surface area contributed by atoms with Crippen LogP contribution < -0.4 is 4.74 Å². The second-order valence-corrected chi connectivity index (χ2v) is 7.94. The average molecular weight is 375 g/mol. The molecule has 1 atom stereocenters. The predicted octanol–water partition coefficient (Wildman–Crippen LogP) is 3.43. The molecule has 0 saturated carbocycles. The Morgan fingerprint density at radius 1 is 1.30 bits per heavy atom. The number of ketones is 1. The third-order valence-electron chi connectivity index (χ3n) is 4.42. The van der Waals surface area contributed by atoms with Crippen molar-refractivity contribution in [1.82, 2.24) is 4.90 Å². The first-order chi connectivity index (χ1) is 12.6. The molecule has 1 aromatic rings. The molecule has 1 heterocycles. The van der Waals surface area contributed by atoms with E-state index in [1.807, 2.05) is 19.9 Å². The number of ether oxygens (including phenoxy) is 2. The van der Waals surface area contributed by atoms with Crippen LogP contribution in [0.15, 0.2) is 35.6 Å². The van der Waals surface area contributed by atoms with Crippen molar-refractivity contribution in [3.63, 3.8) is 0 Å². The quantitative estimate of drug-likeness (QED) is 0.790. The van der Waals surface area contributed by atoms with E-state index in [2.05, 4.69) is 0 Å². The Morgan fingerprint density at radius 2 is 1.96 bits per heavy atom. The van der Waals surface area contributed by atoms with Gasteiger partial charge in [-0.05, 0) is 31.5 Å². The lowest BCUT2D eigenvalue weighted by molar-refractivity contribution is -0.130. The normalized spacial score (nSPS) is 17.8. The lowest BCUT2D eigenvalue weighted by Gasteiger charge is -2.29. The molecule has 0 fully saturated rings. The van der Waals surface area contributed by atoms with Gasteiger partial charge >= 0.3 is 0 Å². The first kappa shape index (κ1) is 21.0. The van der Waals surface area contributed by atoms with Crippen molar-refractivity contribution in [3.05, 3.63) is 41.2 Å². The van der Waals surface area contributed by atoms with Gasteiger partial charge in [0.05, 0.1) is 31.4 Å². The third-order valence-corrected chi connectivity index (χ3v) is 4.42. The van der Waals surface area contributed by atoms with E-state index < -0.39 is 23.1 Å². The Balaban J connectivity index is 2.49. The average Bonchev–Trinajstić information content (AvgIpc) is 2.84. The molecule has 148 valence electrons. The molecule has 1 aromatic carbocycles. The van der Waals surface area contributed by atoms with Gasteiger partial charge in [-0.3, -0.25) is 9.59 Å². The highest BCUT2D eigenvalue weighted by Gasteiger charge is 2.45. The summed E-state index contributed by atoms with van der Waals surface area (Å²) in [4.78, 5) is 27.3. The molecule has 6 heteroatoms. The van der Waals surface area contributed by atoms with Gasteiger partial charge in [-0.1, -0.05) is 32.9 Å². The third kappa shape index (κ3) is 4.50. The smallest absolute Gasteiger partial charge is 0.290 e. The van der Waals surface area contributed by atoms with Crippen LogP contribution in [0.2, 0.25) is 0 Å². The summed E-state index contributed by atoms with van der Waals surface area (Å²) in [6, 6.07) is 6.53. The number of carbonyl (C=O) groups excluding carboxylic acids is 2. The first-order valence-electron chi connectivity index (χ1n) is 9.12. The summed E-state index contributed by atoms with van der Waals surface area (Å²) in [5, 5.41) is 10.5. The SMILES string of the molecule is COc1cccc(C2C(C(=O)C(C)(C)C)=C(O)C(=O)N2CCOC(C)C)c1. The zero-order chi connectivity index (χ0) is 20.4. The molecule has 1 amide bonds. The molecule has 0 aliphatic carbocycles. The second kappa shape index (κ2) is 8.13. The van der Waals surface area contributed by atoms with Crippen LogP contribution in [0.5, 0.6) is 5.75 Å². The summed E-state index contributed by atoms with van der Waals surface area (Å²) in [5.41, 5.74) is 0.111. The fourth-order valence-electron chi connectivity index (χ4n) is 3.07. The van der Waals surface area contributed by atoms with Crippen LogP contribution in [0.4, 0.5) is 0 Å². The molecule has 0 radical (unpaired) electrons. The number of carbonyl (C=O) groups is 2. The first-order valence-corrected chi connectivity index (χ1v) is 9.12. The Labute approximate surface area is 160 Å². The summed E-state index contributed by atoms with van der Waals surface area (Å²) in [6.07, 6.45) is 0.0233. The topological polar surface area (TPSA) is 76.1 Å². The molecular formula is C21H29NO5. The Bertz CT molecular complexity index is 745. The van der Waals surface area contributed by atoms with Crippen LogP contribution in [-0.4, -0.2) is 48.1 Å². The molecule has 1 aliphatic heterocycles. The number of hydrogen-bond donors (Lipinski definition) is 1. The number of methoxy groups -OCH3 is 1. The maximum Gasteiger partial charge on any atom is 0.290 e. The number of aliphatic hydroxyl groups is 1. The molecule has 0 bridgehead atoms. The highest BCUT2D eigenvalue weighted by molar-refractivity contribution is 6.10. The van der Waals surface area contributed by atoms with E-state index in [0.717, 1.165) is 0 Å². The number of rotatable bonds is 7. The van der Waals surface area contributed by atoms with Gasteiger partial charge in [-0.25, -0.2) is 0 Å². The number of aliphatic hydroxyl groups excluding tert-OH is 1. The van der Waals surface area contributed by atoms with Crippen molar-refractivity contribution in [2.75, 3.05) is 20.3 Å². The highest BCUT2D eigenvalue weighted by Crippen LogP contribution is 2.41. The fraction of sp³-hybridized carbons (Fsp3) is 0.524. The zero-order valence-corrected chi connectivity index (χ0v) is 16.9. The monoisotopic (exact) mass is 375 g/mol. The van der Waals surface area contributed by atoms with E-state index in [9.17, 15) is 14.7 Å². The van der Waals surface area contributed by atoms with Crippen molar-refractivity contribution in [1.29, 1.82) is 0 Å². The largest absolute Gasteiger partial charge is 0.503 e. The molecule has 0 aromatic heterocycles. The molecule has 1 unspecified atom stereocenters. The number of nitrogens with zero attached hydrogens (tertiary/aromatic N) is 1. The predicted molar refractivity (Wildman–Crippen MR) is 103 cm³/mol. The van der Waals surface area contributed by atoms with Crippen LogP contribution in [0.25, 0.3) is 0 Å².